The maximum absolute atomic E-state index is 12.5. The highest BCUT2D eigenvalue weighted by Gasteiger charge is 2.21. The molecule has 1 amide bonds. The Labute approximate surface area is 213 Å². The van der Waals surface area contributed by atoms with Crippen molar-refractivity contribution in [3.05, 3.63) is 59.2 Å². The van der Waals surface area contributed by atoms with Gasteiger partial charge in [0.05, 0.1) is 0 Å². The van der Waals surface area contributed by atoms with E-state index in [9.17, 15) is 4.79 Å². The van der Waals surface area contributed by atoms with Gasteiger partial charge in [0.2, 0.25) is 0 Å². The Morgan fingerprint density at radius 2 is 1.40 bits per heavy atom. The van der Waals surface area contributed by atoms with Crippen molar-refractivity contribution < 1.29 is 14.3 Å². The zero-order valence-electron chi connectivity index (χ0n) is 23.5. The van der Waals surface area contributed by atoms with Crippen molar-refractivity contribution in [2.45, 2.75) is 111 Å². The van der Waals surface area contributed by atoms with Gasteiger partial charge in [-0.25, -0.2) is 0 Å². The molecule has 35 heavy (non-hydrogen) atoms. The second-order valence-electron chi connectivity index (χ2n) is 11.7. The zero-order valence-corrected chi connectivity index (χ0v) is 23.5. The molecule has 0 aliphatic carbocycles. The second-order valence-corrected chi connectivity index (χ2v) is 11.7. The van der Waals surface area contributed by atoms with Crippen molar-refractivity contribution >= 4 is 5.91 Å². The summed E-state index contributed by atoms with van der Waals surface area (Å²) in [4.78, 5) is 12.5. The predicted octanol–water partition coefficient (Wildman–Crippen LogP) is 7.87. The van der Waals surface area contributed by atoms with Gasteiger partial charge in [-0.2, -0.15) is 0 Å². The Morgan fingerprint density at radius 3 is 1.97 bits per heavy atom. The van der Waals surface area contributed by atoms with Crippen LogP contribution in [0, 0.1) is 0 Å². The number of carbonyl (C=O) groups is 1. The van der Waals surface area contributed by atoms with E-state index in [1.807, 2.05) is 36.4 Å². The van der Waals surface area contributed by atoms with E-state index in [-0.39, 0.29) is 22.5 Å². The Morgan fingerprint density at radius 1 is 0.800 bits per heavy atom. The van der Waals surface area contributed by atoms with Crippen LogP contribution < -0.4 is 14.8 Å². The molecule has 2 rings (SSSR count). The van der Waals surface area contributed by atoms with Gasteiger partial charge in [-0.1, -0.05) is 52.8 Å². The van der Waals surface area contributed by atoms with Gasteiger partial charge in [-0.3, -0.25) is 4.79 Å². The first-order valence-electron chi connectivity index (χ1n) is 13.2. The molecule has 0 aliphatic rings. The first-order chi connectivity index (χ1) is 16.3. The van der Waals surface area contributed by atoms with Crippen LogP contribution in [0.25, 0.3) is 0 Å². The summed E-state index contributed by atoms with van der Waals surface area (Å²) in [6, 6.07) is 14.1. The van der Waals surface area contributed by atoms with Gasteiger partial charge in [0, 0.05) is 18.2 Å². The maximum Gasteiger partial charge on any atom is 0.251 e. The molecular formula is C31H47NO3. The summed E-state index contributed by atoms with van der Waals surface area (Å²) < 4.78 is 12.6. The third-order valence-corrected chi connectivity index (χ3v) is 6.69. The van der Waals surface area contributed by atoms with Crippen molar-refractivity contribution in [2.75, 3.05) is 6.54 Å². The Balaban J connectivity index is 1.95. The SMILES string of the molecule is CCC(C)(C)Oc1ccc(CCCCNC(=O)c2ccc(C(C)(C)C)cc2)c(OC(C)(C)CC)c1. The molecule has 4 heteroatoms. The molecule has 0 aliphatic heterocycles. The number of amides is 1. The molecule has 0 unspecified atom stereocenters. The molecule has 0 fully saturated rings. The van der Waals surface area contributed by atoms with E-state index >= 15 is 0 Å². The van der Waals surface area contributed by atoms with E-state index in [0.29, 0.717) is 12.1 Å². The van der Waals surface area contributed by atoms with Crippen LogP contribution in [0.2, 0.25) is 0 Å². The summed E-state index contributed by atoms with van der Waals surface area (Å²) in [5, 5.41) is 3.06. The Bertz CT molecular complexity index is 952. The van der Waals surface area contributed by atoms with Gasteiger partial charge in [0.25, 0.3) is 5.91 Å². The predicted molar refractivity (Wildman–Crippen MR) is 147 cm³/mol. The van der Waals surface area contributed by atoms with Crippen LogP contribution >= 0.6 is 0 Å². The minimum absolute atomic E-state index is 0.0146. The smallest absolute Gasteiger partial charge is 0.251 e. The summed E-state index contributed by atoms with van der Waals surface area (Å²) in [7, 11) is 0. The highest BCUT2D eigenvalue weighted by molar-refractivity contribution is 5.94. The molecule has 0 radical (unpaired) electrons. The number of unbranched alkanes of at least 4 members (excludes halogenated alkanes) is 1. The van der Waals surface area contributed by atoms with Crippen LogP contribution in [0.1, 0.15) is 109 Å². The fraction of sp³-hybridized carbons (Fsp3) is 0.581. The molecule has 0 atom stereocenters. The minimum Gasteiger partial charge on any atom is -0.488 e. The topological polar surface area (TPSA) is 47.6 Å². The third kappa shape index (κ3) is 9.23. The number of nitrogens with one attached hydrogen (secondary N) is 1. The fourth-order valence-electron chi connectivity index (χ4n) is 3.53. The molecule has 0 heterocycles. The van der Waals surface area contributed by atoms with Gasteiger partial charge in [-0.15, -0.1) is 0 Å². The monoisotopic (exact) mass is 481 g/mol. The summed E-state index contributed by atoms with van der Waals surface area (Å²) in [6.45, 7) is 19.9. The van der Waals surface area contributed by atoms with Crippen molar-refractivity contribution in [3.63, 3.8) is 0 Å². The molecule has 0 spiro atoms. The van der Waals surface area contributed by atoms with E-state index in [1.165, 1.54) is 11.1 Å². The lowest BCUT2D eigenvalue weighted by Crippen LogP contribution is -2.28. The number of aryl methyl sites for hydroxylation is 1. The van der Waals surface area contributed by atoms with Crippen LogP contribution in [0.15, 0.2) is 42.5 Å². The van der Waals surface area contributed by atoms with Crippen LogP contribution in [0.5, 0.6) is 11.5 Å². The molecule has 2 aromatic carbocycles. The van der Waals surface area contributed by atoms with E-state index in [0.717, 1.165) is 43.6 Å². The van der Waals surface area contributed by atoms with Gasteiger partial charge in [0.1, 0.15) is 22.7 Å². The molecule has 194 valence electrons. The number of ether oxygens (including phenoxy) is 2. The summed E-state index contributed by atoms with van der Waals surface area (Å²) >= 11 is 0. The van der Waals surface area contributed by atoms with Crippen LogP contribution in [0.4, 0.5) is 0 Å². The molecule has 0 bridgehead atoms. The summed E-state index contributed by atoms with van der Waals surface area (Å²) in [6.07, 6.45) is 4.61. The Hall–Kier alpha value is -2.49. The average molecular weight is 482 g/mol. The number of benzene rings is 2. The second kappa shape index (κ2) is 12.0. The fourth-order valence-corrected chi connectivity index (χ4v) is 3.53. The molecule has 0 saturated heterocycles. The molecule has 0 aromatic heterocycles. The number of hydrogen-bond donors (Lipinski definition) is 1. The highest BCUT2D eigenvalue weighted by atomic mass is 16.5. The summed E-state index contributed by atoms with van der Waals surface area (Å²) in [5.74, 6) is 1.72. The van der Waals surface area contributed by atoms with Gasteiger partial charge < -0.3 is 14.8 Å². The van der Waals surface area contributed by atoms with E-state index in [2.05, 4.69) is 73.7 Å². The van der Waals surface area contributed by atoms with Crippen LogP contribution in [-0.4, -0.2) is 23.7 Å². The number of carbonyl (C=O) groups excluding carboxylic acids is 1. The van der Waals surface area contributed by atoms with Gasteiger partial charge in [0.15, 0.2) is 0 Å². The number of hydrogen-bond acceptors (Lipinski definition) is 3. The first-order valence-corrected chi connectivity index (χ1v) is 13.2. The number of rotatable bonds is 12. The van der Waals surface area contributed by atoms with E-state index < -0.39 is 0 Å². The average Bonchev–Trinajstić information content (AvgIpc) is 2.79. The van der Waals surface area contributed by atoms with Crippen LogP contribution in [0.3, 0.4) is 0 Å². The zero-order chi connectivity index (χ0) is 26.3. The largest absolute Gasteiger partial charge is 0.488 e. The lowest BCUT2D eigenvalue weighted by atomic mass is 9.87. The normalized spacial score (nSPS) is 12.4. The maximum atomic E-state index is 12.5. The van der Waals surface area contributed by atoms with Crippen molar-refractivity contribution in [3.8, 4) is 11.5 Å². The lowest BCUT2D eigenvalue weighted by Gasteiger charge is -2.29. The lowest BCUT2D eigenvalue weighted by molar-refractivity contribution is 0.0942. The standard InChI is InChI=1S/C31H47NO3/c1-10-30(6,7)34-26-20-17-23(27(22-26)35-31(8,9)11-2)14-12-13-21-32-28(33)24-15-18-25(19-16-24)29(3,4)5/h15-20,22H,10-14,21H2,1-9H3,(H,32,33). The third-order valence-electron chi connectivity index (χ3n) is 6.69. The van der Waals surface area contributed by atoms with Gasteiger partial charge in [-0.05, 0) is 94.5 Å². The Kier molecular flexibility index (Phi) is 9.83. The first kappa shape index (κ1) is 28.7. The molecular weight excluding hydrogens is 434 g/mol. The molecule has 0 saturated carbocycles. The molecule has 1 N–H and O–H groups in total. The van der Waals surface area contributed by atoms with E-state index in [1.54, 1.807) is 0 Å². The van der Waals surface area contributed by atoms with Gasteiger partial charge >= 0.3 is 0 Å². The summed E-state index contributed by atoms with van der Waals surface area (Å²) in [5.41, 5.74) is 2.74. The van der Waals surface area contributed by atoms with Crippen molar-refractivity contribution in [2.24, 2.45) is 0 Å². The van der Waals surface area contributed by atoms with Crippen molar-refractivity contribution in [1.82, 2.24) is 5.32 Å². The molecule has 2 aromatic rings. The minimum atomic E-state index is -0.246. The van der Waals surface area contributed by atoms with Crippen molar-refractivity contribution in [1.29, 1.82) is 0 Å². The molecule has 4 nitrogen and oxygen atoms in total. The highest BCUT2D eigenvalue weighted by Crippen LogP contribution is 2.32. The van der Waals surface area contributed by atoms with Crippen LogP contribution in [-0.2, 0) is 11.8 Å². The van der Waals surface area contributed by atoms with E-state index in [4.69, 9.17) is 9.47 Å². The quantitative estimate of drug-likeness (QED) is 0.314.